The van der Waals surface area contributed by atoms with Crippen molar-refractivity contribution in [2.45, 2.75) is 19.3 Å². The van der Waals surface area contributed by atoms with Crippen LogP contribution in [0, 0.1) is 6.92 Å². The van der Waals surface area contributed by atoms with Crippen LogP contribution in [0.1, 0.15) is 17.1 Å². The summed E-state index contributed by atoms with van der Waals surface area (Å²) in [6.45, 7) is 1.52. The van der Waals surface area contributed by atoms with Crippen molar-refractivity contribution in [1.82, 2.24) is 15.0 Å². The first-order valence-electron chi connectivity index (χ1n) is 5.52. The fraction of sp³-hybridized carbons (Fsp3) is 0.250. The van der Waals surface area contributed by atoms with Crippen LogP contribution < -0.4 is 0 Å². The molecule has 2 aromatic rings. The number of aromatic nitrogens is 3. The molecule has 0 saturated carbocycles. The van der Waals surface area contributed by atoms with Crippen molar-refractivity contribution in [3.63, 3.8) is 0 Å². The maximum Gasteiger partial charge on any atom is 0.451 e. The Morgan fingerprint density at radius 1 is 0.810 bits per heavy atom. The van der Waals surface area contributed by atoms with Gasteiger partial charge in [-0.3, -0.25) is 4.98 Å². The van der Waals surface area contributed by atoms with Crippen LogP contribution in [0.25, 0.3) is 11.1 Å². The number of halogens is 6. The first-order valence-corrected chi connectivity index (χ1v) is 5.52. The summed E-state index contributed by atoms with van der Waals surface area (Å²) in [7, 11) is 0. The smallest absolute Gasteiger partial charge is 0.251 e. The molecule has 0 radical (unpaired) electrons. The van der Waals surface area contributed by atoms with E-state index >= 15 is 0 Å². The number of aryl methyl sites for hydroxylation is 1. The molecule has 0 aliphatic heterocycles. The summed E-state index contributed by atoms with van der Waals surface area (Å²) in [6.07, 6.45) is -7.07. The topological polar surface area (TPSA) is 38.7 Å². The highest BCUT2D eigenvalue weighted by Crippen LogP contribution is 2.36. The Morgan fingerprint density at radius 3 is 1.86 bits per heavy atom. The van der Waals surface area contributed by atoms with Gasteiger partial charge in [0.05, 0.1) is 0 Å². The van der Waals surface area contributed by atoms with Gasteiger partial charge in [-0.2, -0.15) is 26.3 Å². The zero-order valence-corrected chi connectivity index (χ0v) is 10.4. The van der Waals surface area contributed by atoms with Crippen LogP contribution in [0.3, 0.4) is 0 Å². The van der Waals surface area contributed by atoms with Crippen molar-refractivity contribution >= 4 is 0 Å². The van der Waals surface area contributed by atoms with E-state index in [1.807, 2.05) is 0 Å². The second-order valence-electron chi connectivity index (χ2n) is 4.20. The number of nitrogens with zero attached hydrogens (tertiary/aromatic N) is 3. The normalized spacial score (nSPS) is 12.5. The molecule has 0 aromatic carbocycles. The summed E-state index contributed by atoms with van der Waals surface area (Å²) in [6, 6.07) is 1.17. The minimum atomic E-state index is -4.75. The van der Waals surface area contributed by atoms with Gasteiger partial charge in [0.2, 0.25) is 5.82 Å². The number of hydrogen-bond donors (Lipinski definition) is 0. The number of hydrogen-bond acceptors (Lipinski definition) is 3. The van der Waals surface area contributed by atoms with Gasteiger partial charge in [0.1, 0.15) is 0 Å². The summed E-state index contributed by atoms with van der Waals surface area (Å²) >= 11 is 0. The Kier molecular flexibility index (Phi) is 3.60. The highest BCUT2D eigenvalue weighted by Gasteiger charge is 2.37. The molecule has 0 amide bonds. The van der Waals surface area contributed by atoms with Crippen molar-refractivity contribution in [3.05, 3.63) is 41.7 Å². The molecule has 2 heterocycles. The third-order valence-electron chi connectivity index (χ3n) is 2.51. The third-order valence-corrected chi connectivity index (χ3v) is 2.51. The number of alkyl halides is 6. The molecule has 112 valence electrons. The molecule has 0 unspecified atom stereocenters. The highest BCUT2D eigenvalue weighted by molar-refractivity contribution is 5.65. The van der Waals surface area contributed by atoms with Gasteiger partial charge in [0.15, 0.2) is 5.69 Å². The Hall–Kier alpha value is -2.19. The average Bonchev–Trinajstić information content (AvgIpc) is 2.36. The first kappa shape index (κ1) is 15.2. The van der Waals surface area contributed by atoms with Gasteiger partial charge in [0, 0.05) is 29.7 Å². The van der Waals surface area contributed by atoms with Gasteiger partial charge >= 0.3 is 12.4 Å². The van der Waals surface area contributed by atoms with Crippen LogP contribution in [-0.2, 0) is 12.4 Å². The molecule has 0 aliphatic carbocycles. The fourth-order valence-corrected chi connectivity index (χ4v) is 1.63. The summed E-state index contributed by atoms with van der Waals surface area (Å²) in [5.74, 6) is -1.42. The fourth-order valence-electron chi connectivity index (χ4n) is 1.63. The number of pyridine rings is 1. The van der Waals surface area contributed by atoms with Crippen molar-refractivity contribution in [3.8, 4) is 11.1 Å². The van der Waals surface area contributed by atoms with Gasteiger partial charge in [-0.1, -0.05) is 0 Å². The molecule has 0 fully saturated rings. The van der Waals surface area contributed by atoms with Gasteiger partial charge < -0.3 is 0 Å². The van der Waals surface area contributed by atoms with Crippen molar-refractivity contribution in [2.24, 2.45) is 0 Å². The zero-order chi connectivity index (χ0) is 15.8. The molecule has 2 aromatic heterocycles. The van der Waals surface area contributed by atoms with Crippen LogP contribution in [0.15, 0.2) is 24.7 Å². The molecule has 0 atom stereocenters. The quantitative estimate of drug-likeness (QED) is 0.750. The molecule has 0 aliphatic rings. The largest absolute Gasteiger partial charge is 0.451 e. The second kappa shape index (κ2) is 4.97. The minimum Gasteiger partial charge on any atom is -0.251 e. The first-order chi connectivity index (χ1) is 9.59. The van der Waals surface area contributed by atoms with Gasteiger partial charge in [-0.15, -0.1) is 0 Å². The second-order valence-corrected chi connectivity index (χ2v) is 4.20. The highest BCUT2D eigenvalue weighted by atomic mass is 19.4. The lowest BCUT2D eigenvalue weighted by molar-refractivity contribution is -0.145. The van der Waals surface area contributed by atoms with E-state index in [0.717, 1.165) is 6.20 Å². The van der Waals surface area contributed by atoms with Gasteiger partial charge in [-0.05, 0) is 18.6 Å². The van der Waals surface area contributed by atoms with Gasteiger partial charge in [0.25, 0.3) is 0 Å². The van der Waals surface area contributed by atoms with E-state index in [0.29, 0.717) is 18.0 Å². The van der Waals surface area contributed by atoms with Crippen molar-refractivity contribution in [1.29, 1.82) is 0 Å². The lowest BCUT2D eigenvalue weighted by atomic mass is 10.1. The lowest BCUT2D eigenvalue weighted by Crippen LogP contribution is -2.12. The predicted molar refractivity (Wildman–Crippen MR) is 60.0 cm³/mol. The van der Waals surface area contributed by atoms with E-state index in [9.17, 15) is 26.3 Å². The summed E-state index contributed by atoms with van der Waals surface area (Å²) in [5.41, 5.74) is -1.32. The molecule has 9 heteroatoms. The maximum absolute atomic E-state index is 12.9. The number of rotatable bonds is 1. The van der Waals surface area contributed by atoms with Crippen LogP contribution in [0.5, 0.6) is 0 Å². The molecule has 0 N–H and O–H groups in total. The van der Waals surface area contributed by atoms with Crippen LogP contribution in [0.4, 0.5) is 26.3 Å². The summed E-state index contributed by atoms with van der Waals surface area (Å²) in [4.78, 5) is 9.39. The Labute approximate surface area is 114 Å². The molecule has 21 heavy (non-hydrogen) atoms. The molecule has 0 bridgehead atoms. The van der Waals surface area contributed by atoms with Crippen LogP contribution >= 0.6 is 0 Å². The third kappa shape index (κ3) is 3.29. The van der Waals surface area contributed by atoms with E-state index in [1.165, 1.54) is 13.0 Å². The van der Waals surface area contributed by atoms with E-state index in [1.54, 1.807) is 0 Å². The van der Waals surface area contributed by atoms with E-state index in [-0.39, 0.29) is 11.1 Å². The van der Waals surface area contributed by atoms with Gasteiger partial charge in [-0.25, -0.2) is 9.97 Å². The Morgan fingerprint density at radius 2 is 1.38 bits per heavy atom. The van der Waals surface area contributed by atoms with Crippen molar-refractivity contribution in [2.75, 3.05) is 0 Å². The van der Waals surface area contributed by atoms with E-state index in [4.69, 9.17) is 0 Å². The molecule has 3 nitrogen and oxygen atoms in total. The van der Waals surface area contributed by atoms with Crippen molar-refractivity contribution < 1.29 is 26.3 Å². The zero-order valence-electron chi connectivity index (χ0n) is 10.4. The molecule has 0 saturated heterocycles. The van der Waals surface area contributed by atoms with Crippen LogP contribution in [0.2, 0.25) is 0 Å². The van der Waals surface area contributed by atoms with Crippen LogP contribution in [-0.4, -0.2) is 15.0 Å². The lowest BCUT2D eigenvalue weighted by Gasteiger charge is -2.12. The molecular weight excluding hydrogens is 300 g/mol. The standard InChI is InChI=1S/C12H7F6N3/c1-6-2-8(9(19-3-6)11(13,14)15)7-4-20-10(21-5-7)12(16,17)18/h2-5H,1H3. The summed E-state index contributed by atoms with van der Waals surface area (Å²) in [5, 5.41) is 0. The molecular formula is C12H7F6N3. The predicted octanol–water partition coefficient (Wildman–Crippen LogP) is 3.88. The molecule has 0 spiro atoms. The monoisotopic (exact) mass is 307 g/mol. The van der Waals surface area contributed by atoms with E-state index < -0.39 is 23.9 Å². The maximum atomic E-state index is 12.9. The SMILES string of the molecule is Cc1cnc(C(F)(F)F)c(-c2cnc(C(F)(F)F)nc2)c1. The average molecular weight is 307 g/mol. The summed E-state index contributed by atoms with van der Waals surface area (Å²) < 4.78 is 75.6. The Bertz CT molecular complexity index is 646. The van der Waals surface area contributed by atoms with E-state index in [2.05, 4.69) is 15.0 Å². The molecule has 2 rings (SSSR count). The minimum absolute atomic E-state index is 0.188. The Balaban J connectivity index is 2.54.